The molecular formula is C63H41N11. The Bertz CT molecular complexity index is 3740. The van der Waals surface area contributed by atoms with Crippen molar-refractivity contribution in [3.63, 3.8) is 0 Å². The van der Waals surface area contributed by atoms with Gasteiger partial charge in [0, 0.05) is 44.5 Å². The lowest BCUT2D eigenvalue weighted by Gasteiger charge is -2.39. The Labute approximate surface area is 427 Å². The highest BCUT2D eigenvalue weighted by atomic mass is 15.3. The first kappa shape index (κ1) is 43.6. The molecule has 9 aromatic carbocycles. The Hall–Kier alpha value is -10.4. The average molecular weight is 952 g/mol. The second-order valence-electron chi connectivity index (χ2n) is 17.5. The lowest BCUT2D eigenvalue weighted by Crippen LogP contribution is -2.26. The summed E-state index contributed by atoms with van der Waals surface area (Å²) in [4.78, 5) is 51.0. The van der Waals surface area contributed by atoms with E-state index < -0.39 is 0 Å². The van der Waals surface area contributed by atoms with E-state index in [-0.39, 0.29) is 0 Å². The van der Waals surface area contributed by atoms with Crippen LogP contribution in [0.4, 0.5) is 34.4 Å². The number of fused-ring (bicyclic) bond motifs is 2. The molecule has 0 aliphatic carbocycles. The van der Waals surface area contributed by atoms with Crippen molar-refractivity contribution in [1.29, 1.82) is 0 Å². The maximum absolute atomic E-state index is 5.33. The molecule has 0 fully saturated rings. The van der Waals surface area contributed by atoms with E-state index in [0.717, 1.165) is 72.9 Å². The van der Waals surface area contributed by atoms with E-state index >= 15 is 0 Å². The lowest BCUT2D eigenvalue weighted by atomic mass is 10.0. The Balaban J connectivity index is 1.05. The van der Waals surface area contributed by atoms with Gasteiger partial charge in [-0.1, -0.05) is 206 Å². The molecule has 0 saturated carbocycles. The first-order chi connectivity index (χ1) is 36.7. The Kier molecular flexibility index (Phi) is 11.2. The standard InChI is InChI=1S/C63H41N11/c1-7-23-42(24-8-1)55-64-56(43-25-9-2-10-26-43)67-61(66-55)48-39-40-50(49(41-48)62-69-57(44-27-11-3-12-28-44)65-58(70-62)45-29-13-4-14-30-45)73-51-35-19-21-37-53(51)74(54-38-22-20-36-52(54)73)63-71-59(46-31-15-5-16-32-46)68-60(72-63)47-33-17-6-18-34-47/h1-41H. The van der Waals surface area contributed by atoms with Crippen molar-refractivity contribution in [1.82, 2.24) is 44.9 Å². The minimum absolute atomic E-state index is 0.463. The van der Waals surface area contributed by atoms with Crippen LogP contribution in [0.15, 0.2) is 249 Å². The number of para-hydroxylation sites is 4. The summed E-state index contributed by atoms with van der Waals surface area (Å²) in [5, 5.41) is 0. The molecular weight excluding hydrogens is 911 g/mol. The summed E-state index contributed by atoms with van der Waals surface area (Å²) in [5.41, 5.74) is 11.0. The SMILES string of the molecule is c1ccc(-c2nc(-c3ccccc3)nc(-c3ccc(N4c5ccccc5N(c5nc(-c6ccccc6)nc(-c6ccccc6)n5)c5ccccc54)c(-c4nc(-c5ccccc5)nc(-c5ccccc5)n4)c3)n2)cc1. The number of anilines is 6. The third kappa shape index (κ3) is 8.35. The second-order valence-corrected chi connectivity index (χ2v) is 17.5. The van der Waals surface area contributed by atoms with E-state index in [1.165, 1.54) is 0 Å². The van der Waals surface area contributed by atoms with Crippen molar-refractivity contribution in [2.45, 2.75) is 0 Å². The van der Waals surface area contributed by atoms with Gasteiger partial charge in [0.25, 0.3) is 0 Å². The molecule has 0 unspecified atom stereocenters. The minimum atomic E-state index is 0.463. The molecule has 3 aromatic heterocycles. The molecule has 1 aliphatic rings. The fourth-order valence-corrected chi connectivity index (χ4v) is 9.23. The Morgan fingerprint density at radius 3 is 0.770 bits per heavy atom. The zero-order chi connectivity index (χ0) is 49.2. The van der Waals surface area contributed by atoms with Gasteiger partial charge in [-0.2, -0.15) is 9.97 Å². The highest BCUT2D eigenvalue weighted by Crippen LogP contribution is 2.55. The van der Waals surface area contributed by atoms with E-state index in [1.54, 1.807) is 0 Å². The number of aromatic nitrogens is 9. The Morgan fingerprint density at radius 1 is 0.189 bits per heavy atom. The third-order valence-electron chi connectivity index (χ3n) is 12.7. The van der Waals surface area contributed by atoms with Crippen LogP contribution in [-0.4, -0.2) is 44.9 Å². The van der Waals surface area contributed by atoms with E-state index in [2.05, 4.69) is 64.4 Å². The third-order valence-corrected chi connectivity index (χ3v) is 12.7. The lowest BCUT2D eigenvalue weighted by molar-refractivity contribution is 1.01. The predicted octanol–water partition coefficient (Wildman–Crippen LogP) is 14.8. The summed E-state index contributed by atoms with van der Waals surface area (Å²) in [7, 11) is 0. The number of hydrogen-bond acceptors (Lipinski definition) is 11. The summed E-state index contributed by atoms with van der Waals surface area (Å²) in [5.74, 6) is 4.74. The molecule has 74 heavy (non-hydrogen) atoms. The summed E-state index contributed by atoms with van der Waals surface area (Å²) >= 11 is 0. The average Bonchev–Trinajstić information content (AvgIpc) is 3.49. The van der Waals surface area contributed by atoms with E-state index in [1.807, 2.05) is 194 Å². The largest absolute Gasteiger partial charge is 0.306 e. The molecule has 0 radical (unpaired) electrons. The highest BCUT2D eigenvalue weighted by molar-refractivity contribution is 6.03. The topological polar surface area (TPSA) is 122 Å². The van der Waals surface area contributed by atoms with Crippen molar-refractivity contribution in [3.8, 4) is 91.1 Å². The zero-order valence-corrected chi connectivity index (χ0v) is 39.6. The quantitative estimate of drug-likeness (QED) is 0.130. The summed E-state index contributed by atoms with van der Waals surface area (Å²) in [6.45, 7) is 0. The molecule has 0 saturated heterocycles. The van der Waals surface area contributed by atoms with Crippen molar-refractivity contribution in [3.05, 3.63) is 249 Å². The van der Waals surface area contributed by atoms with Gasteiger partial charge < -0.3 is 4.90 Å². The van der Waals surface area contributed by atoms with Crippen LogP contribution in [0.25, 0.3) is 91.1 Å². The van der Waals surface area contributed by atoms with Crippen LogP contribution >= 0.6 is 0 Å². The van der Waals surface area contributed by atoms with Gasteiger partial charge in [-0.25, -0.2) is 34.9 Å². The van der Waals surface area contributed by atoms with Gasteiger partial charge in [0.15, 0.2) is 46.6 Å². The van der Waals surface area contributed by atoms with Crippen molar-refractivity contribution in [2.75, 3.05) is 9.80 Å². The molecule has 0 bridgehead atoms. The van der Waals surface area contributed by atoms with Crippen LogP contribution in [0.2, 0.25) is 0 Å². The molecule has 1 aliphatic heterocycles. The molecule has 0 spiro atoms. The fraction of sp³-hybridized carbons (Fsp3) is 0. The number of nitrogens with zero attached hydrogens (tertiary/aromatic N) is 11. The van der Waals surface area contributed by atoms with Crippen LogP contribution in [0.1, 0.15) is 0 Å². The molecule has 12 aromatic rings. The van der Waals surface area contributed by atoms with Crippen molar-refractivity contribution < 1.29 is 0 Å². The molecule has 11 heteroatoms. The van der Waals surface area contributed by atoms with Crippen molar-refractivity contribution in [2.24, 2.45) is 0 Å². The molecule has 0 N–H and O–H groups in total. The van der Waals surface area contributed by atoms with E-state index in [9.17, 15) is 0 Å². The first-order valence-corrected chi connectivity index (χ1v) is 24.2. The smallest absolute Gasteiger partial charge is 0.238 e. The van der Waals surface area contributed by atoms with Crippen LogP contribution in [0.3, 0.4) is 0 Å². The molecule has 4 heterocycles. The predicted molar refractivity (Wildman–Crippen MR) is 293 cm³/mol. The summed E-state index contributed by atoms with van der Waals surface area (Å²) in [6.07, 6.45) is 0. The van der Waals surface area contributed by atoms with Gasteiger partial charge in [-0.15, -0.1) is 0 Å². The Morgan fingerprint density at radius 2 is 0.446 bits per heavy atom. The number of rotatable bonds is 10. The van der Waals surface area contributed by atoms with Gasteiger partial charge in [0.05, 0.1) is 28.4 Å². The fourth-order valence-electron chi connectivity index (χ4n) is 9.23. The van der Waals surface area contributed by atoms with Crippen LogP contribution in [-0.2, 0) is 0 Å². The maximum atomic E-state index is 5.33. The molecule has 0 amide bonds. The van der Waals surface area contributed by atoms with E-state index in [0.29, 0.717) is 52.5 Å². The van der Waals surface area contributed by atoms with Crippen LogP contribution in [0.5, 0.6) is 0 Å². The van der Waals surface area contributed by atoms with Crippen LogP contribution < -0.4 is 9.80 Å². The van der Waals surface area contributed by atoms with Gasteiger partial charge in [0.2, 0.25) is 5.95 Å². The van der Waals surface area contributed by atoms with Crippen LogP contribution in [0, 0.1) is 0 Å². The molecule has 13 rings (SSSR count). The molecule has 11 nitrogen and oxygen atoms in total. The zero-order valence-electron chi connectivity index (χ0n) is 39.6. The normalized spacial score (nSPS) is 11.7. The van der Waals surface area contributed by atoms with Crippen molar-refractivity contribution >= 4 is 34.4 Å². The summed E-state index contributed by atoms with van der Waals surface area (Å²) in [6, 6.07) is 83.0. The molecule has 0 atom stereocenters. The van der Waals surface area contributed by atoms with Gasteiger partial charge in [0.1, 0.15) is 0 Å². The minimum Gasteiger partial charge on any atom is -0.306 e. The monoisotopic (exact) mass is 951 g/mol. The van der Waals surface area contributed by atoms with Gasteiger partial charge >= 0.3 is 0 Å². The maximum Gasteiger partial charge on any atom is 0.238 e. The van der Waals surface area contributed by atoms with Gasteiger partial charge in [-0.3, -0.25) is 4.90 Å². The highest BCUT2D eigenvalue weighted by Gasteiger charge is 2.34. The first-order valence-electron chi connectivity index (χ1n) is 24.2. The number of benzene rings is 9. The molecule has 348 valence electrons. The van der Waals surface area contributed by atoms with E-state index in [4.69, 9.17) is 44.9 Å². The number of hydrogen-bond donors (Lipinski definition) is 0. The second kappa shape index (κ2) is 19.1. The summed E-state index contributed by atoms with van der Waals surface area (Å²) < 4.78 is 0. The van der Waals surface area contributed by atoms with Gasteiger partial charge in [-0.05, 0) is 42.5 Å².